The van der Waals surface area contributed by atoms with Gasteiger partial charge in [0, 0.05) is 49.6 Å². The van der Waals surface area contributed by atoms with Crippen LogP contribution in [0.15, 0.2) is 43.5 Å². The number of amides is 1. The Kier molecular flexibility index (Phi) is 4.59. The molecule has 1 saturated heterocycles. The van der Waals surface area contributed by atoms with Gasteiger partial charge in [-0.05, 0) is 18.9 Å². The minimum Gasteiger partial charge on any atom is -0.365 e. The van der Waals surface area contributed by atoms with Crippen LogP contribution in [0.3, 0.4) is 0 Å². The van der Waals surface area contributed by atoms with Crippen LogP contribution >= 0.6 is 0 Å². The molecule has 26 heavy (non-hydrogen) atoms. The fourth-order valence-corrected chi connectivity index (χ4v) is 3.12. The molecule has 1 fully saturated rings. The molecule has 0 aliphatic carbocycles. The Labute approximate surface area is 150 Å². The fourth-order valence-electron chi connectivity index (χ4n) is 3.12. The van der Waals surface area contributed by atoms with Crippen molar-refractivity contribution in [3.8, 4) is 5.95 Å². The predicted molar refractivity (Wildman–Crippen MR) is 94.7 cm³/mol. The van der Waals surface area contributed by atoms with Crippen LogP contribution in [-0.2, 0) is 11.2 Å². The van der Waals surface area contributed by atoms with Gasteiger partial charge in [-0.3, -0.25) is 9.36 Å². The summed E-state index contributed by atoms with van der Waals surface area (Å²) < 4.78 is 1.76. The number of nitrogens with one attached hydrogen (secondary N) is 2. The van der Waals surface area contributed by atoms with Crippen LogP contribution < -0.4 is 5.32 Å². The molecule has 0 bridgehead atoms. The van der Waals surface area contributed by atoms with Gasteiger partial charge in [-0.15, -0.1) is 0 Å². The van der Waals surface area contributed by atoms with Gasteiger partial charge in [-0.25, -0.2) is 15.0 Å². The van der Waals surface area contributed by atoms with Gasteiger partial charge in [-0.1, -0.05) is 0 Å². The highest BCUT2D eigenvalue weighted by Gasteiger charge is 2.24. The van der Waals surface area contributed by atoms with Crippen molar-refractivity contribution in [2.24, 2.45) is 0 Å². The van der Waals surface area contributed by atoms with E-state index in [0.717, 1.165) is 30.9 Å². The van der Waals surface area contributed by atoms with E-state index in [2.05, 4.69) is 30.2 Å². The maximum atomic E-state index is 12.5. The van der Waals surface area contributed by atoms with E-state index in [1.54, 1.807) is 42.0 Å². The van der Waals surface area contributed by atoms with Crippen molar-refractivity contribution >= 4 is 11.7 Å². The van der Waals surface area contributed by atoms with Crippen LogP contribution in [-0.4, -0.2) is 59.4 Å². The minimum atomic E-state index is 0.113. The Morgan fingerprint density at radius 2 is 2.31 bits per heavy atom. The first-order chi connectivity index (χ1) is 12.8. The van der Waals surface area contributed by atoms with E-state index in [0.29, 0.717) is 18.9 Å². The summed E-state index contributed by atoms with van der Waals surface area (Å²) in [6.45, 7) is 1.45. The molecule has 9 nitrogen and oxygen atoms in total. The van der Waals surface area contributed by atoms with Crippen molar-refractivity contribution in [2.75, 3.05) is 18.4 Å². The number of rotatable bonds is 5. The van der Waals surface area contributed by atoms with E-state index in [4.69, 9.17) is 0 Å². The molecule has 0 saturated carbocycles. The van der Waals surface area contributed by atoms with Crippen molar-refractivity contribution < 1.29 is 4.79 Å². The average Bonchev–Trinajstić information content (AvgIpc) is 3.36. The highest BCUT2D eigenvalue weighted by Crippen LogP contribution is 2.16. The van der Waals surface area contributed by atoms with E-state index >= 15 is 0 Å². The van der Waals surface area contributed by atoms with Crippen molar-refractivity contribution in [1.82, 2.24) is 34.4 Å². The molecule has 1 aliphatic rings. The van der Waals surface area contributed by atoms with Gasteiger partial charge in [0.1, 0.15) is 12.1 Å². The predicted octanol–water partition coefficient (Wildman–Crippen LogP) is 1.03. The average molecular weight is 352 g/mol. The minimum absolute atomic E-state index is 0.113. The molecule has 2 N–H and O–H groups in total. The Hall–Kier alpha value is -3.23. The first-order valence-corrected chi connectivity index (χ1v) is 8.61. The van der Waals surface area contributed by atoms with E-state index < -0.39 is 0 Å². The largest absolute Gasteiger partial charge is 0.365 e. The van der Waals surface area contributed by atoms with Gasteiger partial charge in [-0.2, -0.15) is 4.98 Å². The molecular formula is C17H20N8O. The molecule has 4 heterocycles. The van der Waals surface area contributed by atoms with Gasteiger partial charge < -0.3 is 15.2 Å². The molecule has 1 amide bonds. The standard InChI is InChI=1S/C17H20N8O/c26-16(8-14-9-19-11-21-14)24-6-1-2-13(10-24)22-15-3-4-20-17(23-15)25-7-5-18-12-25/h3-5,7,9,11-13H,1-2,6,8,10H2,(H,19,21)(H,20,22,23)/t13-/m1/s1. The zero-order valence-electron chi connectivity index (χ0n) is 14.2. The molecule has 3 aromatic rings. The first-order valence-electron chi connectivity index (χ1n) is 8.61. The number of carbonyl (C=O) groups is 1. The van der Waals surface area contributed by atoms with Crippen LogP contribution in [0.25, 0.3) is 5.95 Å². The monoisotopic (exact) mass is 352 g/mol. The lowest BCUT2D eigenvalue weighted by atomic mass is 10.1. The van der Waals surface area contributed by atoms with Crippen molar-refractivity contribution in [2.45, 2.75) is 25.3 Å². The number of aromatic amines is 1. The van der Waals surface area contributed by atoms with Gasteiger partial charge >= 0.3 is 0 Å². The number of nitrogens with zero attached hydrogens (tertiary/aromatic N) is 6. The number of H-pyrrole nitrogens is 1. The number of likely N-dealkylation sites (tertiary alicyclic amines) is 1. The molecule has 0 radical (unpaired) electrons. The summed E-state index contributed by atoms with van der Waals surface area (Å²) >= 11 is 0. The number of piperidine rings is 1. The van der Waals surface area contributed by atoms with E-state index in [9.17, 15) is 4.79 Å². The van der Waals surface area contributed by atoms with Gasteiger partial charge in [0.15, 0.2) is 0 Å². The van der Waals surface area contributed by atoms with Gasteiger partial charge in [0.25, 0.3) is 0 Å². The lowest BCUT2D eigenvalue weighted by Gasteiger charge is -2.33. The molecule has 1 atom stereocenters. The molecule has 3 aromatic heterocycles. The molecule has 0 aromatic carbocycles. The quantitative estimate of drug-likeness (QED) is 0.711. The Morgan fingerprint density at radius 1 is 1.35 bits per heavy atom. The van der Waals surface area contributed by atoms with Crippen molar-refractivity contribution in [1.29, 1.82) is 0 Å². The number of imidazole rings is 2. The summed E-state index contributed by atoms with van der Waals surface area (Å²) in [4.78, 5) is 34.1. The third-order valence-electron chi connectivity index (χ3n) is 4.40. The van der Waals surface area contributed by atoms with Gasteiger partial charge in [0.05, 0.1) is 12.7 Å². The van der Waals surface area contributed by atoms with Crippen molar-refractivity contribution in [3.05, 3.63) is 49.2 Å². The summed E-state index contributed by atoms with van der Waals surface area (Å²) in [5.74, 6) is 1.43. The Bertz CT molecular complexity index is 846. The second-order valence-electron chi connectivity index (χ2n) is 6.29. The smallest absolute Gasteiger partial charge is 0.236 e. The summed E-state index contributed by atoms with van der Waals surface area (Å²) in [6.07, 6.45) is 12.5. The molecular weight excluding hydrogens is 332 g/mol. The zero-order valence-corrected chi connectivity index (χ0v) is 14.2. The summed E-state index contributed by atoms with van der Waals surface area (Å²) in [7, 11) is 0. The lowest BCUT2D eigenvalue weighted by molar-refractivity contribution is -0.131. The van der Waals surface area contributed by atoms with E-state index in [-0.39, 0.29) is 11.9 Å². The number of hydrogen-bond donors (Lipinski definition) is 2. The second kappa shape index (κ2) is 7.34. The first kappa shape index (κ1) is 16.2. The number of hydrogen-bond acceptors (Lipinski definition) is 6. The molecule has 9 heteroatoms. The number of carbonyl (C=O) groups excluding carboxylic acids is 1. The molecule has 134 valence electrons. The van der Waals surface area contributed by atoms with Gasteiger partial charge in [0.2, 0.25) is 11.9 Å². The highest BCUT2D eigenvalue weighted by molar-refractivity contribution is 5.78. The number of aromatic nitrogens is 6. The van der Waals surface area contributed by atoms with Crippen LogP contribution in [0.1, 0.15) is 18.5 Å². The zero-order chi connectivity index (χ0) is 17.8. The van der Waals surface area contributed by atoms with Crippen LogP contribution in [0.2, 0.25) is 0 Å². The molecule has 1 aliphatic heterocycles. The summed E-state index contributed by atoms with van der Waals surface area (Å²) in [5.41, 5.74) is 0.839. The molecule has 0 unspecified atom stereocenters. The lowest BCUT2D eigenvalue weighted by Crippen LogP contribution is -2.45. The van der Waals surface area contributed by atoms with Crippen LogP contribution in [0.5, 0.6) is 0 Å². The Balaban J connectivity index is 1.39. The van der Waals surface area contributed by atoms with Crippen LogP contribution in [0, 0.1) is 0 Å². The van der Waals surface area contributed by atoms with Crippen molar-refractivity contribution in [3.63, 3.8) is 0 Å². The molecule has 4 rings (SSSR count). The third kappa shape index (κ3) is 3.71. The van der Waals surface area contributed by atoms with E-state index in [1.165, 1.54) is 0 Å². The third-order valence-corrected chi connectivity index (χ3v) is 4.40. The Morgan fingerprint density at radius 3 is 3.12 bits per heavy atom. The normalized spacial score (nSPS) is 17.2. The SMILES string of the molecule is O=C(Cc1cnc[nH]1)N1CCC[C@@H](Nc2ccnc(-n3ccnc3)n2)C1. The van der Waals surface area contributed by atoms with E-state index in [1.807, 2.05) is 11.0 Å². The fraction of sp³-hybridized carbons (Fsp3) is 0.353. The second-order valence-corrected chi connectivity index (χ2v) is 6.29. The summed E-state index contributed by atoms with van der Waals surface area (Å²) in [5, 5.41) is 3.43. The van der Waals surface area contributed by atoms with Crippen LogP contribution in [0.4, 0.5) is 5.82 Å². The molecule has 0 spiro atoms. The number of anilines is 1. The maximum Gasteiger partial charge on any atom is 0.236 e. The topological polar surface area (TPSA) is 105 Å². The summed E-state index contributed by atoms with van der Waals surface area (Å²) in [6, 6.07) is 2.01. The maximum absolute atomic E-state index is 12.5. The highest BCUT2D eigenvalue weighted by atomic mass is 16.2.